The summed E-state index contributed by atoms with van der Waals surface area (Å²) >= 11 is 0. The van der Waals surface area contributed by atoms with Gasteiger partial charge in [-0.1, -0.05) is 36.9 Å². The Labute approximate surface area is 221 Å². The molecule has 198 valence electrons. The van der Waals surface area contributed by atoms with Gasteiger partial charge < -0.3 is 15.1 Å². The first-order chi connectivity index (χ1) is 18.2. The molecule has 2 N–H and O–H groups in total. The number of amides is 1. The molecule has 0 spiro atoms. The highest BCUT2D eigenvalue weighted by Gasteiger charge is 2.27. The number of aliphatic hydroxyl groups is 2. The number of piperidine rings is 1. The summed E-state index contributed by atoms with van der Waals surface area (Å²) in [7, 11) is 0. The summed E-state index contributed by atoms with van der Waals surface area (Å²) in [6.45, 7) is 4.80. The standard InChI is InChI=1S/C31H31F2NO4/c1-20-2-6-24(9-11-28(20)35)31(38)34-14-12-22(13-15-34)16-30(37)29(36)10-5-21-3-7-23(8-4-21)25-17-26(32)19-27(33)18-25/h2-4,6-9,11,17-19,22,30,35,37H,1,5,10,12-16H2. The second-order valence-electron chi connectivity index (χ2n) is 9.84. The largest absolute Gasteiger partial charge is 0.507 e. The molecule has 1 fully saturated rings. The van der Waals surface area contributed by atoms with E-state index < -0.39 is 17.7 Å². The molecule has 1 unspecified atom stereocenters. The van der Waals surface area contributed by atoms with Crippen molar-refractivity contribution < 1.29 is 28.6 Å². The Morgan fingerprint density at radius 3 is 2.29 bits per heavy atom. The van der Waals surface area contributed by atoms with E-state index in [9.17, 15) is 28.6 Å². The van der Waals surface area contributed by atoms with Crippen molar-refractivity contribution in [2.24, 2.45) is 5.92 Å². The summed E-state index contributed by atoms with van der Waals surface area (Å²) in [5.74, 6) is -1.45. The Hall–Kier alpha value is -3.84. The fourth-order valence-corrected chi connectivity index (χ4v) is 4.77. The van der Waals surface area contributed by atoms with E-state index in [1.54, 1.807) is 35.3 Å². The first-order valence-electron chi connectivity index (χ1n) is 12.7. The molecular formula is C31H31F2NO4. The van der Waals surface area contributed by atoms with Crippen LogP contribution in [0.1, 0.15) is 31.2 Å². The van der Waals surface area contributed by atoms with Gasteiger partial charge in [-0.3, -0.25) is 9.59 Å². The lowest BCUT2D eigenvalue weighted by Gasteiger charge is -2.33. The van der Waals surface area contributed by atoms with Crippen LogP contribution in [-0.4, -0.2) is 46.0 Å². The van der Waals surface area contributed by atoms with Crippen molar-refractivity contribution >= 4 is 11.7 Å². The third-order valence-corrected chi connectivity index (χ3v) is 7.10. The van der Waals surface area contributed by atoms with Crippen LogP contribution in [-0.2, 0) is 16.0 Å². The number of allylic oxidation sites excluding steroid dienone is 3. The third-order valence-electron chi connectivity index (χ3n) is 7.10. The van der Waals surface area contributed by atoms with Gasteiger partial charge in [0.1, 0.15) is 23.5 Å². The number of Topliss-reactive ketones (excluding diaryl/α,β-unsaturated/α-hetero) is 1. The van der Waals surface area contributed by atoms with E-state index in [0.717, 1.165) is 11.6 Å². The Bertz CT molecular complexity index is 1280. The van der Waals surface area contributed by atoms with Gasteiger partial charge in [0.05, 0.1) is 0 Å². The van der Waals surface area contributed by atoms with Gasteiger partial charge in [-0.2, -0.15) is 0 Å². The highest BCUT2D eigenvalue weighted by Crippen LogP contribution is 2.26. The number of hydrogen-bond donors (Lipinski definition) is 2. The molecule has 38 heavy (non-hydrogen) atoms. The molecule has 1 atom stereocenters. The molecule has 0 saturated carbocycles. The fraction of sp³-hybridized carbons (Fsp3) is 0.290. The monoisotopic (exact) mass is 519 g/mol. The molecule has 7 heteroatoms. The third kappa shape index (κ3) is 6.92. The number of rotatable bonds is 8. The highest BCUT2D eigenvalue weighted by molar-refractivity contribution is 5.97. The topological polar surface area (TPSA) is 77.8 Å². The molecule has 2 aliphatic rings. The van der Waals surface area contributed by atoms with E-state index >= 15 is 0 Å². The van der Waals surface area contributed by atoms with Crippen molar-refractivity contribution in [3.8, 4) is 11.1 Å². The van der Waals surface area contributed by atoms with E-state index in [2.05, 4.69) is 6.58 Å². The van der Waals surface area contributed by atoms with E-state index in [1.807, 2.05) is 12.1 Å². The molecule has 1 aliphatic carbocycles. The summed E-state index contributed by atoms with van der Waals surface area (Å²) in [6.07, 6.45) is 7.65. The molecular weight excluding hydrogens is 488 g/mol. The number of ketones is 1. The highest BCUT2D eigenvalue weighted by atomic mass is 19.1. The molecule has 2 aromatic carbocycles. The lowest BCUT2D eigenvalue weighted by molar-refractivity contribution is -0.130. The quantitative estimate of drug-likeness (QED) is 0.475. The molecule has 0 aromatic heterocycles. The average molecular weight is 520 g/mol. The molecule has 2 aromatic rings. The van der Waals surface area contributed by atoms with Crippen LogP contribution in [0.15, 0.2) is 90.3 Å². The molecule has 0 radical (unpaired) electrons. The van der Waals surface area contributed by atoms with Gasteiger partial charge in [-0.25, -0.2) is 8.78 Å². The van der Waals surface area contributed by atoms with Gasteiger partial charge in [0, 0.05) is 36.7 Å². The Morgan fingerprint density at radius 1 is 0.974 bits per heavy atom. The van der Waals surface area contributed by atoms with Crippen molar-refractivity contribution in [2.45, 2.75) is 38.2 Å². The second-order valence-corrected chi connectivity index (χ2v) is 9.84. The van der Waals surface area contributed by atoms with Gasteiger partial charge >= 0.3 is 0 Å². The van der Waals surface area contributed by atoms with Crippen molar-refractivity contribution in [1.29, 1.82) is 0 Å². The lowest BCUT2D eigenvalue weighted by atomic mass is 9.88. The normalized spacial score (nSPS) is 17.0. The molecule has 1 aliphatic heterocycles. The summed E-state index contributed by atoms with van der Waals surface area (Å²) in [5.41, 5.74) is 2.93. The number of likely N-dealkylation sites (tertiary alicyclic amines) is 1. The van der Waals surface area contributed by atoms with Crippen LogP contribution in [0.2, 0.25) is 0 Å². The molecule has 5 nitrogen and oxygen atoms in total. The number of aliphatic hydroxyl groups excluding tert-OH is 2. The lowest BCUT2D eigenvalue weighted by Crippen LogP contribution is -2.40. The minimum Gasteiger partial charge on any atom is -0.507 e. The average Bonchev–Trinajstić information content (AvgIpc) is 3.07. The van der Waals surface area contributed by atoms with Crippen molar-refractivity contribution in [3.05, 3.63) is 107 Å². The molecule has 4 rings (SSSR count). The number of halogens is 2. The maximum Gasteiger partial charge on any atom is 0.253 e. The predicted molar refractivity (Wildman–Crippen MR) is 142 cm³/mol. The smallest absolute Gasteiger partial charge is 0.253 e. The van der Waals surface area contributed by atoms with Crippen LogP contribution in [0.4, 0.5) is 8.78 Å². The second kappa shape index (κ2) is 12.1. The van der Waals surface area contributed by atoms with Crippen molar-refractivity contribution in [2.75, 3.05) is 13.1 Å². The zero-order chi connectivity index (χ0) is 27.2. The molecule has 0 bridgehead atoms. The van der Waals surface area contributed by atoms with Crippen molar-refractivity contribution in [3.63, 3.8) is 0 Å². The number of aryl methyl sites for hydroxylation is 1. The number of hydrogen-bond acceptors (Lipinski definition) is 4. The summed E-state index contributed by atoms with van der Waals surface area (Å²) in [5, 5.41) is 20.3. The Kier molecular flexibility index (Phi) is 8.69. The Balaban J connectivity index is 1.22. The minimum absolute atomic E-state index is 0.0268. The van der Waals surface area contributed by atoms with Crippen LogP contribution in [0.5, 0.6) is 0 Å². The minimum atomic E-state index is -1.05. The van der Waals surface area contributed by atoms with Gasteiger partial charge in [-0.05, 0) is 78.7 Å². The molecule has 1 saturated heterocycles. The maximum absolute atomic E-state index is 13.5. The van der Waals surface area contributed by atoms with E-state index in [-0.39, 0.29) is 29.8 Å². The first-order valence-corrected chi connectivity index (χ1v) is 12.7. The summed E-state index contributed by atoms with van der Waals surface area (Å²) in [6, 6.07) is 10.5. The van der Waals surface area contributed by atoms with E-state index in [0.29, 0.717) is 61.0 Å². The van der Waals surface area contributed by atoms with Crippen molar-refractivity contribution in [1.82, 2.24) is 4.90 Å². The van der Waals surface area contributed by atoms with Gasteiger partial charge in [0.15, 0.2) is 5.78 Å². The number of carbonyl (C=O) groups is 2. The number of benzene rings is 2. The van der Waals surface area contributed by atoms with Gasteiger partial charge in [0.2, 0.25) is 0 Å². The van der Waals surface area contributed by atoms with E-state index in [1.165, 1.54) is 18.2 Å². The van der Waals surface area contributed by atoms with Crippen LogP contribution < -0.4 is 0 Å². The fourth-order valence-electron chi connectivity index (χ4n) is 4.77. The summed E-state index contributed by atoms with van der Waals surface area (Å²) in [4.78, 5) is 27.2. The van der Waals surface area contributed by atoms with E-state index in [4.69, 9.17) is 0 Å². The van der Waals surface area contributed by atoms with Crippen LogP contribution in [0.25, 0.3) is 11.1 Å². The molecule has 1 heterocycles. The van der Waals surface area contributed by atoms with Crippen LogP contribution in [0, 0.1) is 17.6 Å². The first kappa shape index (κ1) is 27.2. The predicted octanol–water partition coefficient (Wildman–Crippen LogP) is 5.62. The zero-order valence-corrected chi connectivity index (χ0v) is 21.1. The Morgan fingerprint density at radius 2 is 1.63 bits per heavy atom. The van der Waals surface area contributed by atoms with Gasteiger partial charge in [-0.15, -0.1) is 0 Å². The van der Waals surface area contributed by atoms with Crippen LogP contribution >= 0.6 is 0 Å². The van der Waals surface area contributed by atoms with Crippen LogP contribution in [0.3, 0.4) is 0 Å². The SMILES string of the molecule is C=C1C=CC(C(=O)N2CCC(CC(O)C(=O)CCc3ccc(-c4cc(F)cc(F)c4)cc3)CC2)=CC=C1O. The summed E-state index contributed by atoms with van der Waals surface area (Å²) < 4.78 is 27.0. The maximum atomic E-state index is 13.5. The zero-order valence-electron chi connectivity index (χ0n) is 21.1. The number of carbonyl (C=O) groups excluding carboxylic acids is 2. The van der Waals surface area contributed by atoms with Gasteiger partial charge in [0.25, 0.3) is 5.91 Å². The molecule has 1 amide bonds. The number of nitrogens with zero attached hydrogens (tertiary/aromatic N) is 1.